The predicted molar refractivity (Wildman–Crippen MR) is 84.2 cm³/mol. The highest BCUT2D eigenvalue weighted by molar-refractivity contribution is 6.33. The van der Waals surface area contributed by atoms with Gasteiger partial charge in [0.2, 0.25) is 0 Å². The third-order valence-corrected chi connectivity index (χ3v) is 3.74. The molecular formula is C16H13ClN4. The number of nitrogens with one attached hydrogen (secondary N) is 1. The predicted octanol–water partition coefficient (Wildman–Crippen LogP) is 3.71. The summed E-state index contributed by atoms with van der Waals surface area (Å²) < 4.78 is 2.05. The molecule has 0 unspecified atom stereocenters. The molecule has 1 heterocycles. The number of imidazole rings is 1. The molecule has 0 spiro atoms. The smallest absolute Gasteiger partial charge is 0.128 e. The lowest BCUT2D eigenvalue weighted by Gasteiger charge is -2.08. The maximum Gasteiger partial charge on any atom is 0.128 e. The van der Waals surface area contributed by atoms with E-state index in [2.05, 4.69) is 16.4 Å². The van der Waals surface area contributed by atoms with Crippen molar-refractivity contribution in [2.24, 2.45) is 7.05 Å². The highest BCUT2D eigenvalue weighted by atomic mass is 35.5. The molecule has 0 saturated heterocycles. The minimum atomic E-state index is 0.541. The maximum atomic E-state index is 8.94. The van der Waals surface area contributed by atoms with Crippen LogP contribution in [0.4, 0.5) is 5.69 Å². The number of benzene rings is 2. The first-order valence-corrected chi connectivity index (χ1v) is 6.90. The number of rotatable bonds is 3. The van der Waals surface area contributed by atoms with E-state index >= 15 is 0 Å². The Kier molecular flexibility index (Phi) is 3.51. The Labute approximate surface area is 127 Å². The second-order valence-corrected chi connectivity index (χ2v) is 5.14. The van der Waals surface area contributed by atoms with Crippen molar-refractivity contribution in [3.63, 3.8) is 0 Å². The highest BCUT2D eigenvalue weighted by Gasteiger charge is 2.08. The second kappa shape index (κ2) is 5.47. The van der Waals surface area contributed by atoms with Crippen molar-refractivity contribution >= 4 is 28.3 Å². The van der Waals surface area contributed by atoms with Crippen molar-refractivity contribution < 1.29 is 0 Å². The van der Waals surface area contributed by atoms with Gasteiger partial charge in [-0.1, -0.05) is 23.7 Å². The molecule has 0 bridgehead atoms. The van der Waals surface area contributed by atoms with Crippen molar-refractivity contribution in [1.82, 2.24) is 9.55 Å². The number of para-hydroxylation sites is 2. The van der Waals surface area contributed by atoms with Gasteiger partial charge in [0, 0.05) is 7.05 Å². The highest BCUT2D eigenvalue weighted by Crippen LogP contribution is 2.23. The van der Waals surface area contributed by atoms with Gasteiger partial charge in [-0.25, -0.2) is 4.98 Å². The minimum absolute atomic E-state index is 0.541. The molecule has 2 aromatic carbocycles. The summed E-state index contributed by atoms with van der Waals surface area (Å²) in [6.07, 6.45) is 0. The molecule has 104 valence electrons. The molecule has 1 N–H and O–H groups in total. The molecule has 0 saturated carbocycles. The summed E-state index contributed by atoms with van der Waals surface area (Å²) in [5.41, 5.74) is 3.37. The van der Waals surface area contributed by atoms with Crippen molar-refractivity contribution in [2.75, 3.05) is 5.32 Å². The minimum Gasteiger partial charge on any atom is -0.377 e. The first-order chi connectivity index (χ1) is 10.2. The monoisotopic (exact) mass is 296 g/mol. The van der Waals surface area contributed by atoms with Gasteiger partial charge in [0.1, 0.15) is 5.82 Å². The van der Waals surface area contributed by atoms with E-state index in [1.807, 2.05) is 35.9 Å². The topological polar surface area (TPSA) is 53.6 Å². The van der Waals surface area contributed by atoms with Crippen LogP contribution in [0.2, 0.25) is 5.02 Å². The maximum absolute atomic E-state index is 8.94. The largest absolute Gasteiger partial charge is 0.377 e. The zero-order chi connectivity index (χ0) is 14.8. The summed E-state index contributed by atoms with van der Waals surface area (Å²) in [4.78, 5) is 4.59. The van der Waals surface area contributed by atoms with Gasteiger partial charge in [-0.15, -0.1) is 0 Å². The van der Waals surface area contributed by atoms with Gasteiger partial charge in [0.05, 0.1) is 39.9 Å². The van der Waals surface area contributed by atoms with Crippen molar-refractivity contribution in [2.45, 2.75) is 6.54 Å². The molecule has 0 aliphatic rings. The zero-order valence-electron chi connectivity index (χ0n) is 11.5. The molecule has 3 rings (SSSR count). The average Bonchev–Trinajstić information content (AvgIpc) is 2.83. The van der Waals surface area contributed by atoms with Gasteiger partial charge in [0.25, 0.3) is 0 Å². The Morgan fingerprint density at radius 1 is 1.29 bits per heavy atom. The number of hydrogen-bond acceptors (Lipinski definition) is 3. The number of halogens is 1. The van der Waals surface area contributed by atoms with Crippen LogP contribution in [0, 0.1) is 11.3 Å². The summed E-state index contributed by atoms with van der Waals surface area (Å²) in [5.74, 6) is 0.912. The molecule has 0 amide bonds. The standard InChI is InChI=1S/C16H13ClN4/c1-21-15-5-3-2-4-13(15)20-16(21)10-19-14-8-11(9-18)6-7-12(14)17/h2-8,19H,10H2,1H3. The fourth-order valence-electron chi connectivity index (χ4n) is 2.26. The van der Waals surface area contributed by atoms with Crippen LogP contribution in [0.15, 0.2) is 42.5 Å². The van der Waals surface area contributed by atoms with E-state index in [0.717, 1.165) is 22.5 Å². The lowest BCUT2D eigenvalue weighted by molar-refractivity contribution is 0.834. The first-order valence-electron chi connectivity index (χ1n) is 6.53. The number of fused-ring (bicyclic) bond motifs is 1. The number of nitrogens with zero attached hydrogens (tertiary/aromatic N) is 3. The molecule has 5 heteroatoms. The number of aryl methyl sites for hydroxylation is 1. The molecule has 0 radical (unpaired) electrons. The van der Waals surface area contributed by atoms with Crippen LogP contribution >= 0.6 is 11.6 Å². The molecule has 4 nitrogen and oxygen atoms in total. The van der Waals surface area contributed by atoms with Gasteiger partial charge in [-0.05, 0) is 30.3 Å². The molecule has 0 atom stereocenters. The van der Waals surface area contributed by atoms with Gasteiger partial charge in [-0.3, -0.25) is 0 Å². The fourth-order valence-corrected chi connectivity index (χ4v) is 2.44. The Balaban J connectivity index is 1.87. The quantitative estimate of drug-likeness (QED) is 0.801. The molecule has 0 aliphatic heterocycles. The molecule has 1 aromatic heterocycles. The van der Waals surface area contributed by atoms with E-state index in [-0.39, 0.29) is 0 Å². The SMILES string of the molecule is Cn1c(CNc2cc(C#N)ccc2Cl)nc2ccccc21. The Morgan fingerprint density at radius 3 is 2.86 bits per heavy atom. The Bertz CT molecular complexity index is 845. The van der Waals surface area contributed by atoms with Crippen molar-refractivity contribution in [3.05, 3.63) is 58.9 Å². The van der Waals surface area contributed by atoms with Gasteiger partial charge in [-0.2, -0.15) is 5.26 Å². The van der Waals surface area contributed by atoms with E-state index in [1.54, 1.807) is 18.2 Å². The third-order valence-electron chi connectivity index (χ3n) is 3.41. The van der Waals surface area contributed by atoms with Crippen LogP contribution in [0.1, 0.15) is 11.4 Å². The van der Waals surface area contributed by atoms with E-state index in [4.69, 9.17) is 16.9 Å². The molecule has 21 heavy (non-hydrogen) atoms. The van der Waals surface area contributed by atoms with Crippen LogP contribution in [-0.2, 0) is 13.6 Å². The summed E-state index contributed by atoms with van der Waals surface area (Å²) >= 11 is 6.14. The Hall–Kier alpha value is -2.51. The summed E-state index contributed by atoms with van der Waals surface area (Å²) in [5, 5.41) is 12.8. The zero-order valence-corrected chi connectivity index (χ0v) is 12.2. The first kappa shape index (κ1) is 13.5. The summed E-state index contributed by atoms with van der Waals surface area (Å²) in [6, 6.07) is 15.3. The third kappa shape index (κ3) is 2.56. The van der Waals surface area contributed by atoms with E-state index in [9.17, 15) is 0 Å². The lowest BCUT2D eigenvalue weighted by Crippen LogP contribution is -2.06. The Morgan fingerprint density at radius 2 is 2.10 bits per heavy atom. The summed E-state index contributed by atoms with van der Waals surface area (Å²) in [6.45, 7) is 0.541. The molecule has 0 fully saturated rings. The van der Waals surface area contributed by atoms with E-state index < -0.39 is 0 Å². The molecular weight excluding hydrogens is 284 g/mol. The number of hydrogen-bond donors (Lipinski definition) is 1. The molecule has 3 aromatic rings. The van der Waals surface area contributed by atoms with Gasteiger partial charge in [0.15, 0.2) is 0 Å². The van der Waals surface area contributed by atoms with Crippen LogP contribution in [0.25, 0.3) is 11.0 Å². The van der Waals surface area contributed by atoms with E-state index in [1.165, 1.54) is 0 Å². The van der Waals surface area contributed by atoms with Crippen LogP contribution < -0.4 is 5.32 Å². The number of nitriles is 1. The van der Waals surface area contributed by atoms with E-state index in [0.29, 0.717) is 17.1 Å². The van der Waals surface area contributed by atoms with Crippen molar-refractivity contribution in [1.29, 1.82) is 5.26 Å². The number of anilines is 1. The van der Waals surface area contributed by atoms with Gasteiger partial charge >= 0.3 is 0 Å². The lowest BCUT2D eigenvalue weighted by atomic mass is 10.2. The number of aromatic nitrogens is 2. The fraction of sp³-hybridized carbons (Fsp3) is 0.125. The molecule has 0 aliphatic carbocycles. The van der Waals surface area contributed by atoms with Crippen LogP contribution in [-0.4, -0.2) is 9.55 Å². The van der Waals surface area contributed by atoms with Crippen LogP contribution in [0.3, 0.4) is 0 Å². The van der Waals surface area contributed by atoms with Crippen LogP contribution in [0.5, 0.6) is 0 Å². The summed E-state index contributed by atoms with van der Waals surface area (Å²) in [7, 11) is 1.99. The van der Waals surface area contributed by atoms with Gasteiger partial charge < -0.3 is 9.88 Å². The normalized spacial score (nSPS) is 10.5. The average molecular weight is 297 g/mol. The second-order valence-electron chi connectivity index (χ2n) is 4.74. The van der Waals surface area contributed by atoms with Crippen molar-refractivity contribution in [3.8, 4) is 6.07 Å².